The van der Waals surface area contributed by atoms with Gasteiger partial charge in [0.25, 0.3) is 5.91 Å². The van der Waals surface area contributed by atoms with Gasteiger partial charge < -0.3 is 10.3 Å². The van der Waals surface area contributed by atoms with Gasteiger partial charge in [-0.25, -0.2) is 0 Å². The van der Waals surface area contributed by atoms with Gasteiger partial charge in [-0.15, -0.1) is 0 Å². The maximum Gasteiger partial charge on any atom is 0.258 e. The monoisotopic (exact) mass is 269 g/mol. The summed E-state index contributed by atoms with van der Waals surface area (Å²) >= 11 is 0. The number of hydrogen-bond acceptors (Lipinski definition) is 3. The Hall–Kier alpha value is -2.33. The number of rotatable bonds is 3. The van der Waals surface area contributed by atoms with Crippen molar-refractivity contribution in [3.8, 4) is 0 Å². The third kappa shape index (κ3) is 2.81. The summed E-state index contributed by atoms with van der Waals surface area (Å²) in [6, 6.07) is 13.1. The van der Waals surface area contributed by atoms with Gasteiger partial charge in [0.2, 0.25) is 0 Å². The molecule has 4 heteroatoms. The maximum absolute atomic E-state index is 12.5. The highest BCUT2D eigenvalue weighted by molar-refractivity contribution is 6.06. The molecule has 0 saturated heterocycles. The first-order chi connectivity index (χ1) is 9.52. The first-order valence-corrected chi connectivity index (χ1v) is 6.45. The van der Waals surface area contributed by atoms with Crippen LogP contribution in [0.5, 0.6) is 0 Å². The van der Waals surface area contributed by atoms with Gasteiger partial charge in [0.1, 0.15) is 0 Å². The molecule has 2 aromatic rings. The summed E-state index contributed by atoms with van der Waals surface area (Å²) in [5, 5.41) is 0. The van der Waals surface area contributed by atoms with E-state index in [9.17, 15) is 4.79 Å². The number of hydrogen-bond donors (Lipinski definition) is 2. The van der Waals surface area contributed by atoms with Gasteiger partial charge in [0.05, 0.1) is 0 Å². The van der Waals surface area contributed by atoms with E-state index in [0.29, 0.717) is 5.56 Å². The number of nitrogen functional groups attached to an aromatic ring is 1. The van der Waals surface area contributed by atoms with Crippen molar-refractivity contribution in [1.29, 1.82) is 0 Å². The minimum absolute atomic E-state index is 0.0412. The van der Waals surface area contributed by atoms with Crippen molar-refractivity contribution < 1.29 is 4.79 Å². The van der Waals surface area contributed by atoms with Crippen LogP contribution in [0.25, 0.3) is 0 Å². The Morgan fingerprint density at radius 3 is 2.30 bits per heavy atom. The second-order valence-electron chi connectivity index (χ2n) is 4.88. The summed E-state index contributed by atoms with van der Waals surface area (Å²) in [7, 11) is 1.79. The van der Waals surface area contributed by atoms with Crippen LogP contribution in [0.4, 0.5) is 11.4 Å². The van der Waals surface area contributed by atoms with Gasteiger partial charge >= 0.3 is 0 Å². The van der Waals surface area contributed by atoms with Gasteiger partial charge in [-0.3, -0.25) is 10.6 Å². The summed E-state index contributed by atoms with van der Waals surface area (Å²) in [5.74, 6) is 5.27. The number of nitrogens with two attached hydrogens (primary N) is 1. The Bertz CT molecular complexity index is 620. The van der Waals surface area contributed by atoms with Gasteiger partial charge in [0.15, 0.2) is 0 Å². The number of amides is 1. The van der Waals surface area contributed by atoms with Crippen molar-refractivity contribution in [3.05, 3.63) is 59.2 Å². The van der Waals surface area contributed by atoms with E-state index in [1.54, 1.807) is 36.2 Å². The lowest BCUT2D eigenvalue weighted by Crippen LogP contribution is -2.26. The summed E-state index contributed by atoms with van der Waals surface area (Å²) in [4.78, 5) is 14.1. The molecule has 0 bridgehead atoms. The molecule has 3 N–H and O–H groups in total. The molecule has 0 spiro atoms. The highest BCUT2D eigenvalue weighted by Crippen LogP contribution is 2.22. The number of hydrazine groups is 1. The molecule has 0 atom stereocenters. The molecule has 1 amide bonds. The SMILES string of the molecule is Cc1ccc(N(C)C(=O)c2ccc(NN)cc2)c(C)c1. The van der Waals surface area contributed by atoms with Crippen LogP contribution in [-0.4, -0.2) is 13.0 Å². The molecule has 0 fully saturated rings. The Balaban J connectivity index is 2.27. The van der Waals surface area contributed by atoms with E-state index in [0.717, 1.165) is 16.9 Å². The van der Waals surface area contributed by atoms with Crippen LogP contribution >= 0.6 is 0 Å². The molecule has 0 saturated carbocycles. The molecule has 0 heterocycles. The largest absolute Gasteiger partial charge is 0.324 e. The minimum atomic E-state index is -0.0412. The van der Waals surface area contributed by atoms with Crippen molar-refractivity contribution in [1.82, 2.24) is 0 Å². The molecule has 4 nitrogen and oxygen atoms in total. The molecule has 0 aliphatic rings. The number of nitrogens with one attached hydrogen (secondary N) is 1. The van der Waals surface area contributed by atoms with Crippen LogP contribution in [-0.2, 0) is 0 Å². The standard InChI is InChI=1S/C16H19N3O/c1-11-4-9-15(12(2)10-11)19(3)16(20)13-5-7-14(18-17)8-6-13/h4-10,18H,17H2,1-3H3. The molecule has 0 aliphatic heterocycles. The van der Waals surface area contributed by atoms with Gasteiger partial charge in [-0.2, -0.15) is 0 Å². The van der Waals surface area contributed by atoms with Crippen LogP contribution in [0.2, 0.25) is 0 Å². The van der Waals surface area contributed by atoms with Crippen molar-refractivity contribution in [3.63, 3.8) is 0 Å². The van der Waals surface area contributed by atoms with Gasteiger partial charge in [-0.1, -0.05) is 17.7 Å². The van der Waals surface area contributed by atoms with Crippen molar-refractivity contribution in [2.75, 3.05) is 17.4 Å². The summed E-state index contributed by atoms with van der Waals surface area (Å²) in [6.07, 6.45) is 0. The van der Waals surface area contributed by atoms with E-state index < -0.39 is 0 Å². The molecule has 0 aromatic heterocycles. The second-order valence-corrected chi connectivity index (χ2v) is 4.88. The third-order valence-electron chi connectivity index (χ3n) is 3.32. The van der Waals surface area contributed by atoms with Crippen LogP contribution in [0.15, 0.2) is 42.5 Å². The van der Waals surface area contributed by atoms with Crippen LogP contribution in [0.3, 0.4) is 0 Å². The zero-order chi connectivity index (χ0) is 14.7. The smallest absolute Gasteiger partial charge is 0.258 e. The van der Waals surface area contributed by atoms with Crippen molar-refractivity contribution in [2.45, 2.75) is 13.8 Å². The predicted molar refractivity (Wildman–Crippen MR) is 82.9 cm³/mol. The van der Waals surface area contributed by atoms with Crippen LogP contribution in [0.1, 0.15) is 21.5 Å². The highest BCUT2D eigenvalue weighted by Gasteiger charge is 2.15. The zero-order valence-corrected chi connectivity index (χ0v) is 12.0. The Morgan fingerprint density at radius 2 is 1.75 bits per heavy atom. The lowest BCUT2D eigenvalue weighted by atomic mass is 10.1. The quantitative estimate of drug-likeness (QED) is 0.665. The van der Waals surface area contributed by atoms with Crippen molar-refractivity contribution >= 4 is 17.3 Å². The van der Waals surface area contributed by atoms with E-state index in [4.69, 9.17) is 5.84 Å². The fraction of sp³-hybridized carbons (Fsp3) is 0.188. The number of carbonyl (C=O) groups excluding carboxylic acids is 1. The predicted octanol–water partition coefficient (Wildman–Crippen LogP) is 2.87. The lowest BCUT2D eigenvalue weighted by Gasteiger charge is -2.20. The number of anilines is 2. The Labute approximate surface area is 119 Å². The zero-order valence-electron chi connectivity index (χ0n) is 12.0. The summed E-state index contributed by atoms with van der Waals surface area (Å²) in [6.45, 7) is 4.05. The van der Waals surface area contributed by atoms with Gasteiger partial charge in [-0.05, 0) is 49.7 Å². The summed E-state index contributed by atoms with van der Waals surface area (Å²) < 4.78 is 0. The van der Waals surface area contributed by atoms with E-state index in [-0.39, 0.29) is 5.91 Å². The van der Waals surface area contributed by atoms with Gasteiger partial charge in [0, 0.05) is 24.0 Å². The number of aryl methyl sites for hydroxylation is 2. The molecule has 2 rings (SSSR count). The fourth-order valence-corrected chi connectivity index (χ4v) is 2.19. The van der Waals surface area contributed by atoms with E-state index >= 15 is 0 Å². The molecule has 0 unspecified atom stereocenters. The van der Waals surface area contributed by atoms with E-state index in [2.05, 4.69) is 11.5 Å². The van der Waals surface area contributed by atoms with E-state index in [1.807, 2.05) is 26.0 Å². The molecule has 104 valence electrons. The third-order valence-corrected chi connectivity index (χ3v) is 3.32. The normalized spacial score (nSPS) is 10.2. The van der Waals surface area contributed by atoms with Crippen LogP contribution in [0, 0.1) is 13.8 Å². The number of benzene rings is 2. The lowest BCUT2D eigenvalue weighted by molar-refractivity contribution is 0.0993. The number of nitrogens with zero attached hydrogens (tertiary/aromatic N) is 1. The maximum atomic E-state index is 12.5. The minimum Gasteiger partial charge on any atom is -0.324 e. The number of carbonyl (C=O) groups is 1. The topological polar surface area (TPSA) is 58.4 Å². The van der Waals surface area contributed by atoms with E-state index in [1.165, 1.54) is 5.56 Å². The van der Waals surface area contributed by atoms with Crippen molar-refractivity contribution in [2.24, 2.45) is 5.84 Å². The Morgan fingerprint density at radius 1 is 1.10 bits per heavy atom. The molecule has 20 heavy (non-hydrogen) atoms. The highest BCUT2D eigenvalue weighted by atomic mass is 16.2. The molecular formula is C16H19N3O. The average molecular weight is 269 g/mol. The molecule has 0 aliphatic carbocycles. The average Bonchev–Trinajstić information content (AvgIpc) is 2.46. The molecular weight excluding hydrogens is 250 g/mol. The fourth-order valence-electron chi connectivity index (χ4n) is 2.19. The first-order valence-electron chi connectivity index (χ1n) is 6.45. The van der Waals surface area contributed by atoms with Crippen LogP contribution < -0.4 is 16.2 Å². The second kappa shape index (κ2) is 5.75. The molecule has 0 radical (unpaired) electrons. The summed E-state index contributed by atoms with van der Waals surface area (Å²) in [5.41, 5.74) is 7.14. The Kier molecular flexibility index (Phi) is 4.05. The first kappa shape index (κ1) is 14.1. The molecule has 2 aromatic carbocycles.